The first-order valence-corrected chi connectivity index (χ1v) is 6.65. The van der Waals surface area contributed by atoms with Crippen LogP contribution in [0.3, 0.4) is 0 Å². The fourth-order valence-corrected chi connectivity index (χ4v) is 2.48. The first-order valence-electron chi connectivity index (χ1n) is 6.65. The molecule has 2 aromatic carbocycles. The van der Waals surface area contributed by atoms with Gasteiger partial charge in [-0.15, -0.1) is 0 Å². The van der Waals surface area contributed by atoms with E-state index in [1.807, 2.05) is 48.5 Å². The Labute approximate surface area is 124 Å². The Morgan fingerprint density at radius 1 is 0.810 bits per heavy atom. The molecule has 0 aliphatic heterocycles. The third kappa shape index (κ3) is 2.86. The molecule has 0 spiro atoms. The first kappa shape index (κ1) is 15.4. The highest BCUT2D eigenvalue weighted by Gasteiger charge is 2.36. The minimum atomic E-state index is -1.35. The van der Waals surface area contributed by atoms with Gasteiger partial charge in [-0.05, 0) is 12.1 Å². The highest BCUT2D eigenvalue weighted by atomic mass is 16.5. The molecule has 2 rings (SSSR count). The Morgan fingerprint density at radius 3 is 1.62 bits per heavy atom. The maximum Gasteiger partial charge on any atom is 0.145 e. The molecule has 0 atom stereocenters. The highest BCUT2D eigenvalue weighted by molar-refractivity contribution is 5.49. The molecule has 21 heavy (non-hydrogen) atoms. The summed E-state index contributed by atoms with van der Waals surface area (Å²) >= 11 is 0. The first-order chi connectivity index (χ1) is 10.2. The molecular formula is C17H20O4. The van der Waals surface area contributed by atoms with Crippen molar-refractivity contribution in [3.05, 3.63) is 59.7 Å². The van der Waals surface area contributed by atoms with Crippen LogP contribution in [0.4, 0.5) is 0 Å². The maximum absolute atomic E-state index is 11.3. The van der Waals surface area contributed by atoms with Gasteiger partial charge < -0.3 is 19.3 Å². The zero-order valence-electron chi connectivity index (χ0n) is 12.5. The second kappa shape index (κ2) is 6.61. The van der Waals surface area contributed by atoms with Crippen LogP contribution >= 0.6 is 0 Å². The third-order valence-electron chi connectivity index (χ3n) is 3.46. The molecule has 0 amide bonds. The van der Waals surface area contributed by atoms with Crippen LogP contribution in [0.1, 0.15) is 11.1 Å². The van der Waals surface area contributed by atoms with Crippen molar-refractivity contribution in [3.8, 4) is 11.5 Å². The summed E-state index contributed by atoms with van der Waals surface area (Å²) in [7, 11) is 4.71. The fraction of sp³-hybridized carbons (Fsp3) is 0.294. The lowest BCUT2D eigenvalue weighted by atomic mass is 9.85. The van der Waals surface area contributed by atoms with Crippen molar-refractivity contribution >= 4 is 0 Å². The molecule has 0 aliphatic rings. The van der Waals surface area contributed by atoms with Gasteiger partial charge in [-0.2, -0.15) is 0 Å². The number of para-hydroxylation sites is 2. The maximum atomic E-state index is 11.3. The summed E-state index contributed by atoms with van der Waals surface area (Å²) in [6.45, 7) is 0.0910. The van der Waals surface area contributed by atoms with Gasteiger partial charge in [0, 0.05) is 18.2 Å². The predicted molar refractivity (Wildman–Crippen MR) is 80.9 cm³/mol. The van der Waals surface area contributed by atoms with Crippen LogP contribution in [0.25, 0.3) is 0 Å². The molecular weight excluding hydrogens is 268 g/mol. The van der Waals surface area contributed by atoms with E-state index in [4.69, 9.17) is 14.2 Å². The molecule has 4 nitrogen and oxygen atoms in total. The average molecular weight is 288 g/mol. The van der Waals surface area contributed by atoms with E-state index in [-0.39, 0.29) is 6.61 Å². The van der Waals surface area contributed by atoms with Crippen LogP contribution in [-0.4, -0.2) is 33.0 Å². The van der Waals surface area contributed by atoms with Crippen molar-refractivity contribution < 1.29 is 19.3 Å². The van der Waals surface area contributed by atoms with Crippen LogP contribution in [0.15, 0.2) is 48.5 Å². The van der Waals surface area contributed by atoms with Gasteiger partial charge in [0.25, 0.3) is 0 Å². The second-order valence-corrected chi connectivity index (χ2v) is 4.69. The number of benzene rings is 2. The zero-order valence-corrected chi connectivity index (χ0v) is 12.5. The summed E-state index contributed by atoms with van der Waals surface area (Å²) in [6.07, 6.45) is 0. The SMILES string of the molecule is COCC(O)(c1ccccc1OC)c1ccccc1OC. The molecule has 0 unspecified atom stereocenters. The van der Waals surface area contributed by atoms with E-state index in [2.05, 4.69) is 0 Å². The van der Waals surface area contributed by atoms with Crippen molar-refractivity contribution in [1.29, 1.82) is 0 Å². The second-order valence-electron chi connectivity index (χ2n) is 4.69. The van der Waals surface area contributed by atoms with Crippen LogP contribution in [0.5, 0.6) is 11.5 Å². The smallest absolute Gasteiger partial charge is 0.145 e. The number of aliphatic hydroxyl groups is 1. The van der Waals surface area contributed by atoms with E-state index in [1.165, 1.54) is 0 Å². The largest absolute Gasteiger partial charge is 0.496 e. The standard InChI is InChI=1S/C17H20O4/c1-19-12-17(18,13-8-4-6-10-15(13)20-2)14-9-5-7-11-16(14)21-3/h4-11,18H,12H2,1-3H3. The number of hydrogen-bond acceptors (Lipinski definition) is 4. The van der Waals surface area contributed by atoms with Crippen molar-refractivity contribution in [2.45, 2.75) is 5.60 Å². The van der Waals surface area contributed by atoms with Gasteiger partial charge in [0.1, 0.15) is 17.1 Å². The summed E-state index contributed by atoms with van der Waals surface area (Å²) in [5.74, 6) is 1.20. The van der Waals surface area contributed by atoms with E-state index in [1.54, 1.807) is 21.3 Å². The number of methoxy groups -OCH3 is 3. The third-order valence-corrected chi connectivity index (χ3v) is 3.46. The fourth-order valence-electron chi connectivity index (χ4n) is 2.48. The van der Waals surface area contributed by atoms with Gasteiger partial charge in [-0.25, -0.2) is 0 Å². The summed E-state index contributed by atoms with van der Waals surface area (Å²) in [6, 6.07) is 14.7. The van der Waals surface area contributed by atoms with E-state index in [0.29, 0.717) is 22.6 Å². The van der Waals surface area contributed by atoms with E-state index >= 15 is 0 Å². The van der Waals surface area contributed by atoms with Crippen LogP contribution < -0.4 is 9.47 Å². The molecule has 0 radical (unpaired) electrons. The molecule has 0 aromatic heterocycles. The van der Waals surface area contributed by atoms with Gasteiger partial charge in [0.05, 0.1) is 20.8 Å². The molecule has 0 fully saturated rings. The molecule has 0 bridgehead atoms. The normalized spacial score (nSPS) is 11.2. The lowest BCUT2D eigenvalue weighted by molar-refractivity contribution is -0.00627. The summed E-state index contributed by atoms with van der Waals surface area (Å²) in [5.41, 5.74) is -0.0776. The Hall–Kier alpha value is -2.04. The summed E-state index contributed by atoms with van der Waals surface area (Å²) in [4.78, 5) is 0. The molecule has 1 N–H and O–H groups in total. The van der Waals surface area contributed by atoms with E-state index in [0.717, 1.165) is 0 Å². The van der Waals surface area contributed by atoms with Gasteiger partial charge in [0.2, 0.25) is 0 Å². The van der Waals surface area contributed by atoms with Crippen molar-refractivity contribution in [2.24, 2.45) is 0 Å². The molecule has 0 saturated carbocycles. The monoisotopic (exact) mass is 288 g/mol. The summed E-state index contributed by atoms with van der Waals surface area (Å²) < 4.78 is 16.0. The molecule has 0 aliphatic carbocycles. The Bertz CT molecular complexity index is 547. The lowest BCUT2D eigenvalue weighted by Gasteiger charge is -2.31. The molecule has 0 heterocycles. The molecule has 112 valence electrons. The highest BCUT2D eigenvalue weighted by Crippen LogP contribution is 2.39. The predicted octanol–water partition coefficient (Wildman–Crippen LogP) is 2.59. The topological polar surface area (TPSA) is 47.9 Å². The summed E-state index contributed by atoms with van der Waals surface area (Å²) in [5, 5.41) is 11.3. The van der Waals surface area contributed by atoms with Gasteiger partial charge >= 0.3 is 0 Å². The number of rotatable bonds is 6. The van der Waals surface area contributed by atoms with Crippen LogP contribution in [-0.2, 0) is 10.3 Å². The van der Waals surface area contributed by atoms with Crippen LogP contribution in [0.2, 0.25) is 0 Å². The Kier molecular flexibility index (Phi) is 4.83. The van der Waals surface area contributed by atoms with Gasteiger partial charge in [-0.3, -0.25) is 0 Å². The minimum Gasteiger partial charge on any atom is -0.496 e. The number of ether oxygens (including phenoxy) is 3. The van der Waals surface area contributed by atoms with Gasteiger partial charge in [-0.1, -0.05) is 36.4 Å². The van der Waals surface area contributed by atoms with Gasteiger partial charge in [0.15, 0.2) is 0 Å². The van der Waals surface area contributed by atoms with Crippen molar-refractivity contribution in [3.63, 3.8) is 0 Å². The zero-order chi connectivity index (χ0) is 15.3. The Morgan fingerprint density at radius 2 is 1.24 bits per heavy atom. The van der Waals surface area contributed by atoms with E-state index < -0.39 is 5.60 Å². The van der Waals surface area contributed by atoms with Crippen molar-refractivity contribution in [1.82, 2.24) is 0 Å². The molecule has 2 aromatic rings. The van der Waals surface area contributed by atoms with Crippen LogP contribution in [0, 0.1) is 0 Å². The quantitative estimate of drug-likeness (QED) is 0.887. The van der Waals surface area contributed by atoms with E-state index in [9.17, 15) is 5.11 Å². The average Bonchev–Trinajstić information content (AvgIpc) is 2.54. The lowest BCUT2D eigenvalue weighted by Crippen LogP contribution is -2.33. The van der Waals surface area contributed by atoms with Crippen molar-refractivity contribution in [2.75, 3.05) is 27.9 Å². The number of hydrogen-bond donors (Lipinski definition) is 1. The Balaban J connectivity index is 2.65. The minimum absolute atomic E-state index is 0.0910. The molecule has 4 heteroatoms. The molecule has 0 saturated heterocycles.